The summed E-state index contributed by atoms with van der Waals surface area (Å²) >= 11 is 0. The second-order valence-electron chi connectivity index (χ2n) is 9.01. The van der Waals surface area contributed by atoms with Gasteiger partial charge in [0.2, 0.25) is 5.91 Å². The molecule has 6 heteroatoms. The standard InChI is InChI=1S/C30H28N2O4/c1-21-6-5-9-24(16-21)30(34)32-15-14-27-25(18-32)17-28(36-27)23-10-12-26(13-11-23)31-29(33)20-35-19-22-7-3-2-4-8-22/h2-13,16-17H,14-15,18-20H2,1H3,(H,31,33). The Bertz CT molecular complexity index is 1360. The summed E-state index contributed by atoms with van der Waals surface area (Å²) < 4.78 is 11.6. The van der Waals surface area contributed by atoms with Crippen LogP contribution in [0.1, 0.15) is 32.8 Å². The fraction of sp³-hybridized carbons (Fsp3) is 0.200. The molecule has 2 heterocycles. The van der Waals surface area contributed by atoms with E-state index < -0.39 is 0 Å². The van der Waals surface area contributed by atoms with Crippen LogP contribution in [-0.2, 0) is 29.1 Å². The van der Waals surface area contributed by atoms with Gasteiger partial charge in [0, 0.05) is 41.9 Å². The number of nitrogens with zero attached hydrogens (tertiary/aromatic N) is 1. The van der Waals surface area contributed by atoms with Crippen molar-refractivity contribution in [2.75, 3.05) is 18.5 Å². The highest BCUT2D eigenvalue weighted by Crippen LogP contribution is 2.31. The highest BCUT2D eigenvalue weighted by atomic mass is 16.5. The maximum atomic E-state index is 13.0. The molecule has 0 saturated carbocycles. The maximum absolute atomic E-state index is 13.0. The number of carbonyl (C=O) groups is 2. The maximum Gasteiger partial charge on any atom is 0.254 e. The topological polar surface area (TPSA) is 71.8 Å². The summed E-state index contributed by atoms with van der Waals surface area (Å²) in [6, 6.07) is 27.0. The number of benzene rings is 3. The van der Waals surface area contributed by atoms with Crippen LogP contribution in [0.3, 0.4) is 0 Å². The molecule has 0 fully saturated rings. The van der Waals surface area contributed by atoms with E-state index in [1.54, 1.807) is 0 Å². The Labute approximate surface area is 210 Å². The van der Waals surface area contributed by atoms with Crippen molar-refractivity contribution in [3.8, 4) is 11.3 Å². The number of hydrogen-bond acceptors (Lipinski definition) is 4. The third kappa shape index (κ3) is 5.56. The molecule has 0 aliphatic carbocycles. The lowest BCUT2D eigenvalue weighted by Gasteiger charge is -2.26. The average Bonchev–Trinajstić information content (AvgIpc) is 3.33. The minimum atomic E-state index is -0.203. The first-order valence-corrected chi connectivity index (χ1v) is 12.0. The van der Waals surface area contributed by atoms with Crippen molar-refractivity contribution < 1.29 is 18.7 Å². The first-order valence-electron chi connectivity index (χ1n) is 12.0. The Kier molecular flexibility index (Phi) is 6.96. The number of aryl methyl sites for hydroxylation is 1. The Morgan fingerprint density at radius 2 is 1.78 bits per heavy atom. The molecule has 1 N–H and O–H groups in total. The van der Waals surface area contributed by atoms with E-state index in [9.17, 15) is 9.59 Å². The molecule has 36 heavy (non-hydrogen) atoms. The molecule has 0 radical (unpaired) electrons. The molecule has 0 spiro atoms. The van der Waals surface area contributed by atoms with Gasteiger partial charge in [-0.1, -0.05) is 48.0 Å². The van der Waals surface area contributed by atoms with Crippen LogP contribution >= 0.6 is 0 Å². The largest absolute Gasteiger partial charge is 0.461 e. The third-order valence-electron chi connectivity index (χ3n) is 6.22. The Hall–Kier alpha value is -4.16. The Balaban J connectivity index is 1.17. The zero-order valence-corrected chi connectivity index (χ0v) is 20.2. The number of fused-ring (bicyclic) bond motifs is 1. The molecule has 4 aromatic rings. The monoisotopic (exact) mass is 480 g/mol. The molecule has 2 amide bonds. The molecule has 3 aromatic carbocycles. The zero-order valence-electron chi connectivity index (χ0n) is 20.2. The number of anilines is 1. The quantitative estimate of drug-likeness (QED) is 0.373. The number of carbonyl (C=O) groups excluding carboxylic acids is 2. The van der Waals surface area contributed by atoms with Crippen LogP contribution in [0.2, 0.25) is 0 Å². The van der Waals surface area contributed by atoms with Crippen molar-refractivity contribution in [1.29, 1.82) is 0 Å². The molecule has 0 saturated heterocycles. The van der Waals surface area contributed by atoms with Gasteiger partial charge in [-0.2, -0.15) is 0 Å². The van der Waals surface area contributed by atoms with E-state index in [1.807, 2.05) is 96.8 Å². The van der Waals surface area contributed by atoms with Crippen LogP contribution in [-0.4, -0.2) is 29.9 Å². The molecule has 6 nitrogen and oxygen atoms in total. The highest BCUT2D eigenvalue weighted by Gasteiger charge is 2.25. The highest BCUT2D eigenvalue weighted by molar-refractivity contribution is 5.94. The van der Waals surface area contributed by atoms with Crippen molar-refractivity contribution in [2.45, 2.75) is 26.5 Å². The molecule has 1 aliphatic heterocycles. The molecule has 1 aliphatic rings. The Morgan fingerprint density at radius 3 is 2.56 bits per heavy atom. The van der Waals surface area contributed by atoms with Gasteiger partial charge in [-0.05, 0) is 55.0 Å². The van der Waals surface area contributed by atoms with Crippen LogP contribution in [0.25, 0.3) is 11.3 Å². The lowest BCUT2D eigenvalue weighted by molar-refractivity contribution is -0.121. The van der Waals surface area contributed by atoms with Crippen molar-refractivity contribution in [2.24, 2.45) is 0 Å². The summed E-state index contributed by atoms with van der Waals surface area (Å²) in [5.74, 6) is 1.52. The van der Waals surface area contributed by atoms with Crippen molar-refractivity contribution >= 4 is 17.5 Å². The second-order valence-corrected chi connectivity index (χ2v) is 9.01. The van der Waals surface area contributed by atoms with Crippen LogP contribution in [0, 0.1) is 6.92 Å². The van der Waals surface area contributed by atoms with E-state index >= 15 is 0 Å². The number of amides is 2. The Morgan fingerprint density at radius 1 is 0.972 bits per heavy atom. The summed E-state index contributed by atoms with van der Waals surface area (Å²) in [7, 11) is 0. The number of furan rings is 1. The van der Waals surface area contributed by atoms with E-state index in [4.69, 9.17) is 9.15 Å². The van der Waals surface area contributed by atoms with E-state index in [2.05, 4.69) is 5.32 Å². The zero-order chi connectivity index (χ0) is 24.9. The smallest absolute Gasteiger partial charge is 0.254 e. The van der Waals surface area contributed by atoms with Gasteiger partial charge in [0.05, 0.1) is 6.61 Å². The predicted molar refractivity (Wildman–Crippen MR) is 138 cm³/mol. The summed E-state index contributed by atoms with van der Waals surface area (Å²) in [5, 5.41) is 2.85. The van der Waals surface area contributed by atoms with E-state index in [0.717, 1.165) is 33.8 Å². The number of ether oxygens (including phenoxy) is 1. The van der Waals surface area contributed by atoms with Gasteiger partial charge in [-0.3, -0.25) is 9.59 Å². The fourth-order valence-corrected chi connectivity index (χ4v) is 4.36. The van der Waals surface area contributed by atoms with E-state index in [0.29, 0.717) is 37.4 Å². The minimum absolute atomic E-state index is 0.0146. The number of nitrogens with one attached hydrogen (secondary N) is 1. The molecule has 0 unspecified atom stereocenters. The lowest BCUT2D eigenvalue weighted by Crippen LogP contribution is -2.35. The molecule has 0 bridgehead atoms. The predicted octanol–water partition coefficient (Wildman–Crippen LogP) is 5.61. The summed E-state index contributed by atoms with van der Waals surface area (Å²) in [5.41, 5.74) is 5.45. The second kappa shape index (κ2) is 10.6. The van der Waals surface area contributed by atoms with Crippen molar-refractivity contribution in [1.82, 2.24) is 4.90 Å². The average molecular weight is 481 g/mol. The number of rotatable bonds is 7. The first kappa shape index (κ1) is 23.6. The third-order valence-corrected chi connectivity index (χ3v) is 6.22. The van der Waals surface area contributed by atoms with Gasteiger partial charge in [0.25, 0.3) is 5.91 Å². The van der Waals surface area contributed by atoms with Gasteiger partial charge < -0.3 is 19.4 Å². The van der Waals surface area contributed by atoms with E-state index in [-0.39, 0.29) is 18.4 Å². The van der Waals surface area contributed by atoms with Crippen LogP contribution in [0.5, 0.6) is 0 Å². The summed E-state index contributed by atoms with van der Waals surface area (Å²) in [6.07, 6.45) is 0.685. The van der Waals surface area contributed by atoms with Crippen LogP contribution in [0.4, 0.5) is 5.69 Å². The number of hydrogen-bond donors (Lipinski definition) is 1. The summed E-state index contributed by atoms with van der Waals surface area (Å²) in [6.45, 7) is 3.53. The molecule has 1 aromatic heterocycles. The molecule has 182 valence electrons. The van der Waals surface area contributed by atoms with Gasteiger partial charge in [0.15, 0.2) is 0 Å². The first-order chi connectivity index (χ1) is 17.5. The minimum Gasteiger partial charge on any atom is -0.461 e. The van der Waals surface area contributed by atoms with E-state index in [1.165, 1.54) is 0 Å². The van der Waals surface area contributed by atoms with Gasteiger partial charge in [-0.25, -0.2) is 0 Å². The van der Waals surface area contributed by atoms with Crippen LogP contribution < -0.4 is 5.32 Å². The normalized spacial score (nSPS) is 12.8. The SMILES string of the molecule is Cc1cccc(C(=O)N2CCc3oc(-c4ccc(NC(=O)COCc5ccccc5)cc4)cc3C2)c1. The van der Waals surface area contributed by atoms with Crippen molar-refractivity contribution in [3.05, 3.63) is 113 Å². The van der Waals surface area contributed by atoms with Crippen LogP contribution in [0.15, 0.2) is 89.3 Å². The molecule has 0 atom stereocenters. The van der Waals surface area contributed by atoms with Gasteiger partial charge >= 0.3 is 0 Å². The van der Waals surface area contributed by atoms with Crippen molar-refractivity contribution in [3.63, 3.8) is 0 Å². The lowest BCUT2D eigenvalue weighted by atomic mass is 10.1. The molecule has 5 rings (SSSR count). The molecular formula is C30H28N2O4. The van der Waals surface area contributed by atoms with Gasteiger partial charge in [0.1, 0.15) is 18.1 Å². The molecular weight excluding hydrogens is 452 g/mol. The fourth-order valence-electron chi connectivity index (χ4n) is 4.36. The summed E-state index contributed by atoms with van der Waals surface area (Å²) in [4.78, 5) is 27.0. The van der Waals surface area contributed by atoms with Gasteiger partial charge in [-0.15, -0.1) is 0 Å².